The third kappa shape index (κ3) is 7.68. The van der Waals surface area contributed by atoms with Gasteiger partial charge in [-0.05, 0) is 72.5 Å². The summed E-state index contributed by atoms with van der Waals surface area (Å²) in [5.41, 5.74) is 12.0. The first-order chi connectivity index (χ1) is 26.4. The lowest BCUT2D eigenvalue weighted by molar-refractivity contribution is -0.662. The first-order valence-corrected chi connectivity index (χ1v) is 19.1. The van der Waals surface area contributed by atoms with Crippen LogP contribution in [0.2, 0.25) is 10.0 Å². The molecule has 0 atom stereocenters. The molecule has 4 nitrogen and oxygen atoms in total. The summed E-state index contributed by atoms with van der Waals surface area (Å²) in [4.78, 5) is 4.45. The predicted molar refractivity (Wildman–Crippen MR) is 226 cm³/mol. The van der Waals surface area contributed by atoms with Crippen LogP contribution in [0.25, 0.3) is 21.8 Å². The molecular weight excluding hydrogens is 703 g/mol. The first kappa shape index (κ1) is 35.4. The average Bonchev–Trinajstić information content (AvgIpc) is 3.21. The largest absolute Gasteiger partial charge is 0.344 e. The van der Waals surface area contributed by atoms with Crippen LogP contribution in [0.15, 0.2) is 170 Å². The van der Waals surface area contributed by atoms with E-state index in [1.165, 1.54) is 22.3 Å². The van der Waals surface area contributed by atoms with Crippen LogP contribution in [0.5, 0.6) is 0 Å². The number of para-hydroxylation sites is 2. The highest BCUT2D eigenvalue weighted by atomic mass is 35.5. The molecule has 0 unspecified atom stereocenters. The number of benzene rings is 6. The molecular formula is C48H42Cl2N4+2. The SMILES string of the molecule is CN(c1ccccc1)c1cc[n+](Cc2ccc(CCc3ccc(C[n+]4ccc(N(C)c5ccccc5)c5ccc(Cl)cc54)cc3)cc2)c2cc(Cl)ccc12. The number of halogens is 2. The van der Waals surface area contributed by atoms with Crippen molar-refractivity contribution in [2.45, 2.75) is 25.9 Å². The van der Waals surface area contributed by atoms with Crippen molar-refractivity contribution in [2.24, 2.45) is 0 Å². The maximum atomic E-state index is 6.52. The van der Waals surface area contributed by atoms with Gasteiger partial charge in [0.05, 0.1) is 22.1 Å². The van der Waals surface area contributed by atoms with Crippen molar-refractivity contribution in [3.63, 3.8) is 0 Å². The highest BCUT2D eigenvalue weighted by Crippen LogP contribution is 2.32. The Kier molecular flexibility index (Phi) is 10.3. The molecule has 0 saturated carbocycles. The number of fused-ring (bicyclic) bond motifs is 2. The molecule has 266 valence electrons. The smallest absolute Gasteiger partial charge is 0.216 e. The van der Waals surface area contributed by atoms with E-state index in [-0.39, 0.29) is 0 Å². The van der Waals surface area contributed by atoms with Gasteiger partial charge in [-0.3, -0.25) is 0 Å². The Morgan fingerprint density at radius 2 is 0.796 bits per heavy atom. The molecule has 2 aromatic heterocycles. The monoisotopic (exact) mass is 744 g/mol. The highest BCUT2D eigenvalue weighted by molar-refractivity contribution is 6.31. The summed E-state index contributed by atoms with van der Waals surface area (Å²) in [6.07, 6.45) is 6.31. The Hall–Kier alpha value is -5.68. The maximum absolute atomic E-state index is 6.52. The number of hydrogen-bond acceptors (Lipinski definition) is 2. The Morgan fingerprint density at radius 3 is 1.19 bits per heavy atom. The minimum absolute atomic E-state index is 0.734. The molecule has 0 radical (unpaired) electrons. The number of aromatic nitrogens is 2. The maximum Gasteiger partial charge on any atom is 0.216 e. The topological polar surface area (TPSA) is 14.2 Å². The number of anilines is 4. The van der Waals surface area contributed by atoms with E-state index in [0.29, 0.717) is 0 Å². The zero-order chi connectivity index (χ0) is 37.0. The van der Waals surface area contributed by atoms with Crippen LogP contribution < -0.4 is 18.9 Å². The van der Waals surface area contributed by atoms with Gasteiger partial charge in [0.2, 0.25) is 11.0 Å². The fraction of sp³-hybridized carbons (Fsp3) is 0.125. The summed E-state index contributed by atoms with van der Waals surface area (Å²) in [5, 5.41) is 3.80. The van der Waals surface area contributed by atoms with E-state index < -0.39 is 0 Å². The van der Waals surface area contributed by atoms with Gasteiger partial charge in [-0.25, -0.2) is 0 Å². The third-order valence-corrected chi connectivity index (χ3v) is 10.8. The first-order valence-electron chi connectivity index (χ1n) is 18.4. The van der Waals surface area contributed by atoms with Gasteiger partial charge >= 0.3 is 0 Å². The molecule has 0 amide bonds. The second kappa shape index (κ2) is 15.7. The van der Waals surface area contributed by atoms with Gasteiger partial charge in [0.25, 0.3) is 0 Å². The predicted octanol–water partition coefficient (Wildman–Crippen LogP) is 11.3. The van der Waals surface area contributed by atoms with E-state index in [9.17, 15) is 0 Å². The van der Waals surface area contributed by atoms with E-state index in [0.717, 1.165) is 80.5 Å². The van der Waals surface area contributed by atoms with Gasteiger partial charge < -0.3 is 9.80 Å². The highest BCUT2D eigenvalue weighted by Gasteiger charge is 2.19. The molecule has 6 aromatic carbocycles. The van der Waals surface area contributed by atoms with E-state index in [1.807, 2.05) is 24.3 Å². The zero-order valence-electron chi connectivity index (χ0n) is 30.5. The van der Waals surface area contributed by atoms with Crippen molar-refractivity contribution in [3.8, 4) is 0 Å². The summed E-state index contributed by atoms with van der Waals surface area (Å²) >= 11 is 13.0. The molecule has 54 heavy (non-hydrogen) atoms. The normalized spacial score (nSPS) is 11.3. The summed E-state index contributed by atoms with van der Waals surface area (Å²) in [6.45, 7) is 1.53. The molecule has 8 aromatic rings. The van der Waals surface area contributed by atoms with Crippen molar-refractivity contribution in [1.29, 1.82) is 0 Å². The van der Waals surface area contributed by atoms with Crippen LogP contribution in [-0.2, 0) is 25.9 Å². The minimum atomic E-state index is 0.734. The second-order valence-electron chi connectivity index (χ2n) is 13.9. The molecule has 0 aliphatic rings. The van der Waals surface area contributed by atoms with Crippen LogP contribution in [0, 0.1) is 0 Å². The van der Waals surface area contributed by atoms with Crippen LogP contribution in [0.1, 0.15) is 22.3 Å². The van der Waals surface area contributed by atoms with Crippen molar-refractivity contribution < 1.29 is 9.13 Å². The van der Waals surface area contributed by atoms with Crippen LogP contribution in [0.4, 0.5) is 22.7 Å². The van der Waals surface area contributed by atoms with Crippen molar-refractivity contribution in [1.82, 2.24) is 0 Å². The van der Waals surface area contributed by atoms with Crippen LogP contribution in [0.3, 0.4) is 0 Å². The summed E-state index contributed by atoms with van der Waals surface area (Å²) < 4.78 is 4.57. The van der Waals surface area contributed by atoms with Gasteiger partial charge in [-0.1, -0.05) is 108 Å². The number of pyridine rings is 2. The van der Waals surface area contributed by atoms with Crippen LogP contribution in [-0.4, -0.2) is 14.1 Å². The van der Waals surface area contributed by atoms with Gasteiger partial charge in [0.1, 0.15) is 0 Å². The molecule has 0 saturated heterocycles. The fourth-order valence-electron chi connectivity index (χ4n) is 7.33. The van der Waals surface area contributed by atoms with E-state index in [1.54, 1.807) is 0 Å². The molecule has 0 N–H and O–H groups in total. The Labute approximate surface area is 327 Å². The molecule has 6 heteroatoms. The van der Waals surface area contributed by atoms with Gasteiger partial charge in [-0.15, -0.1) is 0 Å². The van der Waals surface area contributed by atoms with Gasteiger partial charge in [0.15, 0.2) is 25.5 Å². The minimum Gasteiger partial charge on any atom is -0.344 e. The number of aryl methyl sites for hydroxylation is 2. The standard InChI is InChI=1S/C48H42Cl2N4/c1-51(41-9-5-3-6-10-41)45-27-29-53(47-31-39(49)23-25-43(45)47)33-37-19-15-35(16-20-37)13-14-36-17-21-38(22-18-36)34-54-30-28-46(44-26-24-40(50)32-48(44)54)52(2)42-11-7-4-8-12-42/h3-12,15-32H,13-14,33-34H2,1-2H3/q+2. The molecule has 0 aliphatic carbocycles. The molecule has 0 aliphatic heterocycles. The lowest BCUT2D eigenvalue weighted by atomic mass is 10.0. The van der Waals surface area contributed by atoms with Crippen molar-refractivity contribution >= 4 is 67.8 Å². The zero-order valence-corrected chi connectivity index (χ0v) is 32.1. The Morgan fingerprint density at radius 1 is 0.426 bits per heavy atom. The van der Waals surface area contributed by atoms with E-state index >= 15 is 0 Å². The Balaban J connectivity index is 0.928. The van der Waals surface area contributed by atoms with Crippen molar-refractivity contribution in [2.75, 3.05) is 23.9 Å². The number of rotatable bonds is 11. The lowest BCUT2D eigenvalue weighted by Gasteiger charge is -2.20. The van der Waals surface area contributed by atoms with E-state index in [4.69, 9.17) is 23.2 Å². The number of hydrogen-bond donors (Lipinski definition) is 0. The molecule has 8 rings (SSSR count). The van der Waals surface area contributed by atoms with E-state index in [2.05, 4.69) is 179 Å². The summed E-state index contributed by atoms with van der Waals surface area (Å²) in [5.74, 6) is 0. The second-order valence-corrected chi connectivity index (χ2v) is 14.8. The third-order valence-electron chi connectivity index (χ3n) is 10.4. The van der Waals surface area contributed by atoms with Gasteiger partial charge in [0, 0.05) is 70.9 Å². The Bertz CT molecular complexity index is 2360. The number of nitrogens with zero attached hydrogens (tertiary/aromatic N) is 4. The molecule has 2 heterocycles. The quantitative estimate of drug-likeness (QED) is 0.122. The summed E-state index contributed by atoms with van der Waals surface area (Å²) in [7, 11) is 4.22. The average molecular weight is 746 g/mol. The summed E-state index contributed by atoms with van der Waals surface area (Å²) in [6, 6.07) is 55.7. The van der Waals surface area contributed by atoms with Crippen molar-refractivity contribution in [3.05, 3.63) is 202 Å². The van der Waals surface area contributed by atoms with Gasteiger partial charge in [-0.2, -0.15) is 9.13 Å². The van der Waals surface area contributed by atoms with Crippen LogP contribution >= 0.6 is 23.2 Å². The fourth-order valence-corrected chi connectivity index (χ4v) is 7.66. The lowest BCUT2D eigenvalue weighted by Crippen LogP contribution is -2.35. The molecule has 0 fully saturated rings. The molecule has 0 bridgehead atoms. The molecule has 0 spiro atoms.